The van der Waals surface area contributed by atoms with Crippen LogP contribution in [0.1, 0.15) is 33.6 Å². The predicted octanol–water partition coefficient (Wildman–Crippen LogP) is 3.22. The van der Waals surface area contributed by atoms with E-state index >= 15 is 0 Å². The fraction of sp³-hybridized carbons (Fsp3) is 0.375. The van der Waals surface area contributed by atoms with E-state index < -0.39 is 11.6 Å². The minimum atomic E-state index is -0.946. The summed E-state index contributed by atoms with van der Waals surface area (Å²) < 4.78 is 4.66. The summed E-state index contributed by atoms with van der Waals surface area (Å²) in [7, 11) is 1.30. The van der Waals surface area contributed by atoms with Gasteiger partial charge in [0.05, 0.1) is 13.7 Å². The van der Waals surface area contributed by atoms with Crippen molar-refractivity contribution in [3.05, 3.63) is 45.4 Å². The van der Waals surface area contributed by atoms with Gasteiger partial charge >= 0.3 is 5.97 Å². The second-order valence-electron chi connectivity index (χ2n) is 5.53. The first-order chi connectivity index (χ1) is 11.0. The molecule has 1 aliphatic rings. The highest BCUT2D eigenvalue weighted by Crippen LogP contribution is 2.36. The van der Waals surface area contributed by atoms with Gasteiger partial charge in [0.1, 0.15) is 5.60 Å². The van der Waals surface area contributed by atoms with Crippen LogP contribution in [0.2, 0.25) is 5.15 Å². The van der Waals surface area contributed by atoms with Crippen molar-refractivity contribution in [3.63, 3.8) is 0 Å². The normalized spacial score (nSPS) is 20.0. The molecule has 1 heterocycles. The molecule has 0 aliphatic heterocycles. The summed E-state index contributed by atoms with van der Waals surface area (Å²) in [6, 6.07) is 7.94. The molecule has 2 N–H and O–H groups in total. The van der Waals surface area contributed by atoms with Gasteiger partial charge in [-0.05, 0) is 30.4 Å². The molecule has 1 aromatic heterocycles. The Bertz CT molecular complexity index is 734. The zero-order chi connectivity index (χ0) is 16.4. The first-order valence-corrected chi connectivity index (χ1v) is 8.52. The third kappa shape index (κ3) is 3.20. The molecule has 5 nitrogen and oxygen atoms in total. The van der Waals surface area contributed by atoms with Crippen LogP contribution >= 0.6 is 22.9 Å². The lowest BCUT2D eigenvalue weighted by Crippen LogP contribution is -2.37. The number of nitrogens with one attached hydrogen (secondary N) is 1. The number of methoxy groups -OCH3 is 1. The maximum Gasteiger partial charge on any atom is 0.351 e. The van der Waals surface area contributed by atoms with Crippen LogP contribution in [0.3, 0.4) is 0 Å². The van der Waals surface area contributed by atoms with E-state index in [2.05, 4.69) is 21.1 Å². The number of anilines is 1. The number of carbonyl (C=O) groups excluding carboxylic acids is 1. The topological polar surface area (TPSA) is 71.5 Å². The van der Waals surface area contributed by atoms with Crippen LogP contribution in [-0.2, 0) is 16.8 Å². The third-order valence-electron chi connectivity index (χ3n) is 4.04. The molecule has 1 aromatic carbocycles. The van der Waals surface area contributed by atoms with E-state index in [9.17, 15) is 9.90 Å². The fourth-order valence-corrected chi connectivity index (χ4v) is 4.00. The molecule has 23 heavy (non-hydrogen) atoms. The molecule has 1 aliphatic carbocycles. The van der Waals surface area contributed by atoms with Crippen LogP contribution < -0.4 is 5.32 Å². The van der Waals surface area contributed by atoms with E-state index in [-0.39, 0.29) is 10.0 Å². The molecule has 0 bridgehead atoms. The number of ether oxygens (including phenoxy) is 1. The fourth-order valence-electron chi connectivity index (χ4n) is 2.90. The molecule has 0 saturated heterocycles. The molecule has 0 saturated carbocycles. The van der Waals surface area contributed by atoms with Crippen LogP contribution in [0.5, 0.6) is 0 Å². The first kappa shape index (κ1) is 16.2. The van der Waals surface area contributed by atoms with Gasteiger partial charge in [-0.2, -0.15) is 0 Å². The molecule has 0 fully saturated rings. The summed E-state index contributed by atoms with van der Waals surface area (Å²) in [4.78, 5) is 15.9. The van der Waals surface area contributed by atoms with Crippen LogP contribution in [-0.4, -0.2) is 29.7 Å². The molecule has 7 heteroatoms. The molecule has 122 valence electrons. The number of aliphatic hydroxyl groups is 1. The Kier molecular flexibility index (Phi) is 4.57. The van der Waals surface area contributed by atoms with Crippen molar-refractivity contribution in [2.45, 2.75) is 24.9 Å². The van der Waals surface area contributed by atoms with Gasteiger partial charge < -0.3 is 15.2 Å². The van der Waals surface area contributed by atoms with Crippen LogP contribution in [0, 0.1) is 0 Å². The summed E-state index contributed by atoms with van der Waals surface area (Å²) in [6.07, 6.45) is 2.59. The maximum atomic E-state index is 11.6. The average Bonchev–Trinajstić information content (AvgIpc) is 2.94. The van der Waals surface area contributed by atoms with Crippen LogP contribution in [0.4, 0.5) is 5.13 Å². The molecular formula is C16H17ClN2O3S. The summed E-state index contributed by atoms with van der Waals surface area (Å²) in [5.74, 6) is -0.512. The molecular weight excluding hydrogens is 336 g/mol. The second-order valence-corrected chi connectivity index (χ2v) is 6.88. The van der Waals surface area contributed by atoms with E-state index in [4.69, 9.17) is 11.6 Å². The Balaban J connectivity index is 1.77. The van der Waals surface area contributed by atoms with Crippen LogP contribution in [0.25, 0.3) is 0 Å². The highest BCUT2D eigenvalue weighted by molar-refractivity contribution is 7.18. The molecule has 2 aromatic rings. The quantitative estimate of drug-likeness (QED) is 0.827. The molecule has 1 atom stereocenters. The largest absolute Gasteiger partial charge is 0.465 e. The molecule has 0 amide bonds. The number of aromatic nitrogens is 1. The number of esters is 1. The Morgan fingerprint density at radius 3 is 3.09 bits per heavy atom. The van der Waals surface area contributed by atoms with Crippen molar-refractivity contribution in [3.8, 4) is 0 Å². The zero-order valence-corrected chi connectivity index (χ0v) is 14.2. The van der Waals surface area contributed by atoms with E-state index in [1.165, 1.54) is 12.7 Å². The number of aryl methyl sites for hydroxylation is 1. The highest BCUT2D eigenvalue weighted by atomic mass is 35.5. The lowest BCUT2D eigenvalue weighted by atomic mass is 9.79. The van der Waals surface area contributed by atoms with E-state index in [0.29, 0.717) is 18.1 Å². The monoisotopic (exact) mass is 352 g/mol. The van der Waals surface area contributed by atoms with Gasteiger partial charge in [-0.1, -0.05) is 47.2 Å². The average molecular weight is 353 g/mol. The Morgan fingerprint density at radius 1 is 1.52 bits per heavy atom. The molecule has 0 spiro atoms. The van der Waals surface area contributed by atoms with Gasteiger partial charge in [-0.25, -0.2) is 9.78 Å². The number of halogens is 1. The summed E-state index contributed by atoms with van der Waals surface area (Å²) >= 11 is 7.07. The van der Waals surface area contributed by atoms with Crippen molar-refractivity contribution >= 4 is 34.0 Å². The minimum Gasteiger partial charge on any atom is -0.465 e. The van der Waals surface area contributed by atoms with Crippen molar-refractivity contribution < 1.29 is 14.6 Å². The lowest BCUT2D eigenvalue weighted by Gasteiger charge is -2.34. The van der Waals surface area contributed by atoms with Crippen molar-refractivity contribution in [1.29, 1.82) is 0 Å². The maximum absolute atomic E-state index is 11.6. The molecule has 1 unspecified atom stereocenters. The molecule has 3 rings (SSSR count). The van der Waals surface area contributed by atoms with Gasteiger partial charge in [0, 0.05) is 0 Å². The van der Waals surface area contributed by atoms with Gasteiger partial charge in [0.25, 0.3) is 0 Å². The van der Waals surface area contributed by atoms with Crippen molar-refractivity contribution in [2.24, 2.45) is 0 Å². The van der Waals surface area contributed by atoms with Crippen LogP contribution in [0.15, 0.2) is 24.3 Å². The van der Waals surface area contributed by atoms with Crippen molar-refractivity contribution in [2.75, 3.05) is 19.0 Å². The Morgan fingerprint density at radius 2 is 2.30 bits per heavy atom. The number of hydrogen-bond donors (Lipinski definition) is 2. The number of thiazole rings is 1. The van der Waals surface area contributed by atoms with Gasteiger partial charge in [0.15, 0.2) is 15.2 Å². The SMILES string of the molecule is COC(=O)c1sc(NCC2(O)CCCc3ccccc32)nc1Cl. The number of hydrogen-bond acceptors (Lipinski definition) is 6. The number of carbonyl (C=O) groups is 1. The smallest absolute Gasteiger partial charge is 0.351 e. The summed E-state index contributed by atoms with van der Waals surface area (Å²) in [5.41, 5.74) is 1.18. The highest BCUT2D eigenvalue weighted by Gasteiger charge is 2.34. The van der Waals surface area contributed by atoms with E-state index in [1.54, 1.807) is 0 Å². The summed E-state index contributed by atoms with van der Waals surface area (Å²) in [5, 5.41) is 14.7. The van der Waals surface area contributed by atoms with E-state index in [0.717, 1.165) is 29.7 Å². The zero-order valence-electron chi connectivity index (χ0n) is 12.6. The number of nitrogens with zero attached hydrogens (tertiary/aromatic N) is 1. The number of fused-ring (bicyclic) bond motifs is 1. The Labute approximate surface area is 143 Å². The molecule has 0 radical (unpaired) electrons. The lowest BCUT2D eigenvalue weighted by molar-refractivity contribution is 0.0323. The van der Waals surface area contributed by atoms with Gasteiger partial charge in [-0.15, -0.1) is 0 Å². The van der Waals surface area contributed by atoms with E-state index in [1.807, 2.05) is 18.2 Å². The predicted molar refractivity (Wildman–Crippen MR) is 90.2 cm³/mol. The Hall–Kier alpha value is -1.63. The number of benzene rings is 1. The minimum absolute atomic E-state index is 0.111. The number of rotatable bonds is 4. The summed E-state index contributed by atoms with van der Waals surface area (Å²) in [6.45, 7) is 0.314. The van der Waals surface area contributed by atoms with Crippen molar-refractivity contribution in [1.82, 2.24) is 4.98 Å². The van der Waals surface area contributed by atoms with Gasteiger partial charge in [-0.3, -0.25) is 0 Å². The second kappa shape index (κ2) is 6.47. The third-order valence-corrected chi connectivity index (χ3v) is 5.42. The first-order valence-electron chi connectivity index (χ1n) is 7.33. The van der Waals surface area contributed by atoms with Gasteiger partial charge in [0.2, 0.25) is 0 Å². The standard InChI is InChI=1S/C16H17ClN2O3S/c1-22-14(20)12-13(17)19-15(23-12)18-9-16(21)8-4-6-10-5-2-3-7-11(10)16/h2-3,5,7,21H,4,6,8-9H2,1H3,(H,18,19).